The molecule has 4 aromatic rings. The number of hydrogen-bond donors (Lipinski definition) is 2. The molecule has 4 heterocycles. The number of fused-ring (bicyclic) bond motifs is 3. The number of thiophene rings is 1. The van der Waals surface area contributed by atoms with E-state index < -0.39 is 0 Å². The fourth-order valence-corrected chi connectivity index (χ4v) is 6.58. The molecule has 7 nitrogen and oxygen atoms in total. The molecule has 1 aliphatic rings. The van der Waals surface area contributed by atoms with Crippen molar-refractivity contribution in [2.45, 2.75) is 18.1 Å². The molecular weight excluding hydrogens is 486 g/mol. The first-order valence-corrected chi connectivity index (χ1v) is 13.0. The van der Waals surface area contributed by atoms with Crippen LogP contribution >= 0.6 is 46.0 Å². The number of benzene rings is 1. The van der Waals surface area contributed by atoms with E-state index in [1.165, 1.54) is 32.9 Å². The van der Waals surface area contributed by atoms with Gasteiger partial charge in [-0.05, 0) is 29.8 Å². The molecule has 0 fully saturated rings. The summed E-state index contributed by atoms with van der Waals surface area (Å²) in [6, 6.07) is 7.10. The van der Waals surface area contributed by atoms with Crippen molar-refractivity contribution < 1.29 is 9.69 Å². The number of quaternary nitrogens is 1. The third-order valence-corrected chi connectivity index (χ3v) is 8.24. The van der Waals surface area contributed by atoms with Crippen molar-refractivity contribution in [1.82, 2.24) is 14.5 Å². The highest BCUT2D eigenvalue weighted by atomic mass is 35.5. The van der Waals surface area contributed by atoms with Crippen LogP contribution in [0.2, 0.25) is 5.02 Å². The molecule has 3 aromatic heterocycles. The lowest BCUT2D eigenvalue weighted by Gasteiger charge is -2.19. The van der Waals surface area contributed by atoms with Gasteiger partial charge in [0.2, 0.25) is 5.91 Å². The summed E-state index contributed by atoms with van der Waals surface area (Å²) in [4.78, 5) is 38.4. The van der Waals surface area contributed by atoms with Gasteiger partial charge in [-0.15, -0.1) is 22.7 Å². The van der Waals surface area contributed by atoms with Crippen LogP contribution in [0.4, 0.5) is 5.13 Å². The lowest BCUT2D eigenvalue weighted by molar-refractivity contribution is -0.895. The number of thiazole rings is 1. The molecule has 1 unspecified atom stereocenters. The number of thioether (sulfide) groups is 1. The summed E-state index contributed by atoms with van der Waals surface area (Å²) in [7, 11) is 2.16. The standard InChI is InChI=1S/C21H18ClN5O2S3/c1-26-8-6-14-15(10-26)32-18-17(14)19(29)27(13-4-2-12(22)3-5-13)21(25-18)31-11-16(28)24-20-23-7-9-30-20/h2-5,7,9H,6,8,10-11H2,1H3,(H,23,24,28)/p+1. The predicted molar refractivity (Wildman–Crippen MR) is 131 cm³/mol. The van der Waals surface area contributed by atoms with E-state index in [0.29, 0.717) is 26.4 Å². The second-order valence-corrected chi connectivity index (χ2v) is 10.9. The molecule has 0 radical (unpaired) electrons. The molecule has 0 bridgehead atoms. The summed E-state index contributed by atoms with van der Waals surface area (Å²) in [6.07, 6.45) is 2.50. The van der Waals surface area contributed by atoms with Gasteiger partial charge in [0.1, 0.15) is 11.4 Å². The number of hydrogen-bond acceptors (Lipinski definition) is 7. The molecule has 11 heteroatoms. The summed E-state index contributed by atoms with van der Waals surface area (Å²) in [6.45, 7) is 1.89. The molecule has 2 N–H and O–H groups in total. The Kier molecular flexibility index (Phi) is 6.04. The van der Waals surface area contributed by atoms with Gasteiger partial charge in [-0.25, -0.2) is 9.97 Å². The molecule has 164 valence electrons. The lowest BCUT2D eigenvalue weighted by atomic mass is 10.1. The van der Waals surface area contributed by atoms with Crippen molar-refractivity contribution in [1.29, 1.82) is 0 Å². The minimum Gasteiger partial charge on any atom is -0.333 e. The van der Waals surface area contributed by atoms with Gasteiger partial charge in [0.25, 0.3) is 5.56 Å². The number of halogens is 1. The Morgan fingerprint density at radius 1 is 1.34 bits per heavy atom. The average molecular weight is 505 g/mol. The van der Waals surface area contributed by atoms with Crippen LogP contribution in [0.5, 0.6) is 0 Å². The fraction of sp³-hybridized carbons (Fsp3) is 0.238. The molecule has 0 saturated carbocycles. The first kappa shape index (κ1) is 21.6. The maximum atomic E-state index is 13.7. The van der Waals surface area contributed by atoms with E-state index in [2.05, 4.69) is 17.3 Å². The molecule has 0 saturated heterocycles. The summed E-state index contributed by atoms with van der Waals surface area (Å²) < 4.78 is 1.60. The maximum Gasteiger partial charge on any atom is 0.267 e. The highest BCUT2D eigenvalue weighted by Gasteiger charge is 2.26. The summed E-state index contributed by atoms with van der Waals surface area (Å²) in [5, 5.41) is 6.89. The highest BCUT2D eigenvalue weighted by Crippen LogP contribution is 2.32. The average Bonchev–Trinajstić information content (AvgIpc) is 3.40. The van der Waals surface area contributed by atoms with Crippen LogP contribution in [0.25, 0.3) is 15.9 Å². The zero-order valence-electron chi connectivity index (χ0n) is 17.1. The van der Waals surface area contributed by atoms with E-state index in [1.807, 2.05) is 0 Å². The molecule has 5 rings (SSSR count). The largest absolute Gasteiger partial charge is 0.333 e. The number of aromatic nitrogens is 3. The number of likely N-dealkylation sites (N-methyl/N-ethyl adjacent to an activating group) is 1. The van der Waals surface area contributed by atoms with Gasteiger partial charge in [-0.2, -0.15) is 0 Å². The topological polar surface area (TPSA) is 81.3 Å². The van der Waals surface area contributed by atoms with Crippen molar-refractivity contribution in [2.75, 3.05) is 24.7 Å². The highest BCUT2D eigenvalue weighted by molar-refractivity contribution is 7.99. The van der Waals surface area contributed by atoms with Crippen LogP contribution in [0, 0.1) is 0 Å². The second-order valence-electron chi connectivity index (χ2n) is 7.50. The van der Waals surface area contributed by atoms with Crippen molar-refractivity contribution in [2.24, 2.45) is 0 Å². The first-order valence-electron chi connectivity index (χ1n) is 9.96. The van der Waals surface area contributed by atoms with E-state index >= 15 is 0 Å². The normalized spacial score (nSPS) is 15.6. The number of nitrogens with zero attached hydrogens (tertiary/aromatic N) is 3. The van der Waals surface area contributed by atoms with Gasteiger partial charge >= 0.3 is 0 Å². The third kappa shape index (κ3) is 4.20. The van der Waals surface area contributed by atoms with Gasteiger partial charge in [-0.1, -0.05) is 23.4 Å². The van der Waals surface area contributed by atoms with Crippen molar-refractivity contribution >= 4 is 67.3 Å². The van der Waals surface area contributed by atoms with Crippen molar-refractivity contribution in [3.8, 4) is 5.69 Å². The smallest absolute Gasteiger partial charge is 0.267 e. The molecule has 1 atom stereocenters. The van der Waals surface area contributed by atoms with E-state index in [4.69, 9.17) is 16.6 Å². The van der Waals surface area contributed by atoms with Crippen LogP contribution in [-0.2, 0) is 17.8 Å². The minimum absolute atomic E-state index is 0.0998. The molecule has 1 aliphatic heterocycles. The SMILES string of the molecule is C[NH+]1CCc2c(sc3nc(SCC(=O)Nc4nccs4)n(-c4ccc(Cl)cc4)c(=O)c23)C1. The van der Waals surface area contributed by atoms with Crippen molar-refractivity contribution in [3.63, 3.8) is 0 Å². The number of anilines is 1. The fourth-order valence-electron chi connectivity index (χ4n) is 3.73. The lowest BCUT2D eigenvalue weighted by Crippen LogP contribution is -3.08. The molecular formula is C21H19ClN5O2S3+. The Hall–Kier alpha value is -2.24. The zero-order valence-corrected chi connectivity index (χ0v) is 20.3. The van der Waals surface area contributed by atoms with Crippen LogP contribution in [0.1, 0.15) is 10.4 Å². The Balaban J connectivity index is 1.57. The predicted octanol–water partition coefficient (Wildman–Crippen LogP) is 2.86. The Bertz CT molecular complexity index is 1350. The summed E-state index contributed by atoms with van der Waals surface area (Å²) >= 11 is 10.3. The van der Waals surface area contributed by atoms with Crippen LogP contribution in [-0.4, -0.2) is 39.8 Å². The van der Waals surface area contributed by atoms with Crippen molar-refractivity contribution in [3.05, 3.63) is 61.7 Å². The van der Waals surface area contributed by atoms with Gasteiger partial charge in [0.05, 0.1) is 35.3 Å². The third-order valence-electron chi connectivity index (χ3n) is 5.24. The monoisotopic (exact) mass is 504 g/mol. The second kappa shape index (κ2) is 8.95. The Labute approximate surface area is 201 Å². The zero-order chi connectivity index (χ0) is 22.2. The van der Waals surface area contributed by atoms with Gasteiger partial charge in [0.15, 0.2) is 10.3 Å². The Morgan fingerprint density at radius 3 is 2.91 bits per heavy atom. The van der Waals surface area contributed by atoms with Crippen LogP contribution in [0.3, 0.4) is 0 Å². The Morgan fingerprint density at radius 2 is 2.16 bits per heavy atom. The summed E-state index contributed by atoms with van der Waals surface area (Å²) in [5.41, 5.74) is 1.70. The molecule has 1 aromatic carbocycles. The minimum atomic E-state index is -0.197. The maximum absolute atomic E-state index is 13.7. The van der Waals surface area contributed by atoms with Gasteiger partial charge in [0, 0.05) is 23.0 Å². The van der Waals surface area contributed by atoms with Gasteiger partial charge in [-0.3, -0.25) is 14.2 Å². The number of nitrogens with one attached hydrogen (secondary N) is 2. The molecule has 1 amide bonds. The number of rotatable bonds is 5. The number of carbonyl (C=O) groups is 1. The van der Waals surface area contributed by atoms with E-state index in [0.717, 1.165) is 29.9 Å². The molecule has 32 heavy (non-hydrogen) atoms. The van der Waals surface area contributed by atoms with E-state index in [9.17, 15) is 9.59 Å². The van der Waals surface area contributed by atoms with E-state index in [-0.39, 0.29) is 17.2 Å². The molecule has 0 aliphatic carbocycles. The van der Waals surface area contributed by atoms with E-state index in [1.54, 1.807) is 51.7 Å². The number of carbonyl (C=O) groups excluding carboxylic acids is 1. The van der Waals surface area contributed by atoms with Gasteiger partial charge < -0.3 is 10.2 Å². The first-order chi connectivity index (χ1) is 15.5. The van der Waals surface area contributed by atoms with Crippen LogP contribution < -0.4 is 15.8 Å². The number of amides is 1. The molecule has 0 spiro atoms. The summed E-state index contributed by atoms with van der Waals surface area (Å²) in [5.74, 6) is -0.0824. The van der Waals surface area contributed by atoms with Crippen LogP contribution in [0.15, 0.2) is 45.8 Å². The quantitative estimate of drug-likeness (QED) is 0.322.